The monoisotopic (exact) mass is 705 g/mol. The van der Waals surface area contributed by atoms with Gasteiger partial charge in [0.2, 0.25) is 0 Å². The van der Waals surface area contributed by atoms with Gasteiger partial charge in [0.25, 0.3) is 0 Å². The summed E-state index contributed by atoms with van der Waals surface area (Å²) in [7, 11) is 3.40. The molecular weight excluding hydrogens is 682 g/mol. The first-order chi connectivity index (χ1) is 19.0. The predicted molar refractivity (Wildman–Crippen MR) is 170 cm³/mol. The minimum Gasteiger partial charge on any atom is -0.493 e. The van der Waals surface area contributed by atoms with Crippen molar-refractivity contribution in [2.75, 3.05) is 14.2 Å². The van der Waals surface area contributed by atoms with Gasteiger partial charge in [0.15, 0.2) is 11.5 Å². The lowest BCUT2D eigenvalue weighted by Crippen LogP contribution is -2.13. The lowest BCUT2D eigenvalue weighted by Gasteiger charge is -2.24. The van der Waals surface area contributed by atoms with Gasteiger partial charge in [0.05, 0.1) is 25.6 Å². The number of ether oxygens (including phenoxy) is 2. The number of aryl methyl sites for hydroxylation is 1. The minimum atomic E-state index is 0.746. The van der Waals surface area contributed by atoms with Crippen LogP contribution >= 0.6 is 47.8 Å². The van der Waals surface area contributed by atoms with Crippen molar-refractivity contribution in [3.05, 3.63) is 115 Å². The SMILES string of the molecule is COc1cc2c(cc1OC)-c1c(Cc3ccc(Br)cc3)c(-c3ccc(Br)cc3)c(-c3ccc(Br)cc3)n1CC2. The van der Waals surface area contributed by atoms with Crippen LogP contribution in [-0.2, 0) is 19.4 Å². The van der Waals surface area contributed by atoms with Crippen molar-refractivity contribution in [3.63, 3.8) is 0 Å². The van der Waals surface area contributed by atoms with Gasteiger partial charge in [-0.2, -0.15) is 0 Å². The standard InChI is InChI=1S/C33H26Br3NO2/c1-38-29-18-23-15-16-37-32(22-7-13-26(36)14-8-22)31(21-5-11-25(35)12-6-21)28(17-20-3-9-24(34)10-4-20)33(37)27(23)19-30(29)39-2/h3-14,18-19H,15-17H2,1-2H3. The smallest absolute Gasteiger partial charge is 0.161 e. The van der Waals surface area contributed by atoms with E-state index in [1.165, 1.54) is 50.3 Å². The van der Waals surface area contributed by atoms with E-state index in [-0.39, 0.29) is 0 Å². The zero-order valence-corrected chi connectivity index (χ0v) is 26.4. The molecule has 0 spiro atoms. The number of aromatic nitrogens is 1. The second-order valence-corrected chi connectivity index (χ2v) is 12.4. The van der Waals surface area contributed by atoms with Crippen LogP contribution in [0, 0.1) is 0 Å². The van der Waals surface area contributed by atoms with E-state index in [1.54, 1.807) is 14.2 Å². The summed E-state index contributed by atoms with van der Waals surface area (Å²) in [5, 5.41) is 0. The largest absolute Gasteiger partial charge is 0.493 e. The molecule has 0 saturated carbocycles. The summed E-state index contributed by atoms with van der Waals surface area (Å²) in [6.45, 7) is 0.882. The van der Waals surface area contributed by atoms with Crippen molar-refractivity contribution < 1.29 is 9.47 Å². The highest BCUT2D eigenvalue weighted by Gasteiger charge is 2.30. The number of nitrogens with zero attached hydrogens (tertiary/aromatic N) is 1. The predicted octanol–water partition coefficient (Wildman–Crippen LogP) is 9.94. The molecule has 0 saturated heterocycles. The Morgan fingerprint density at radius 1 is 0.667 bits per heavy atom. The fourth-order valence-electron chi connectivity index (χ4n) is 5.60. The molecule has 0 fully saturated rings. The highest BCUT2D eigenvalue weighted by molar-refractivity contribution is 9.11. The van der Waals surface area contributed by atoms with Gasteiger partial charge in [-0.15, -0.1) is 0 Å². The molecule has 6 rings (SSSR count). The molecule has 0 amide bonds. The van der Waals surface area contributed by atoms with E-state index in [9.17, 15) is 0 Å². The Labute approximate surface area is 254 Å². The van der Waals surface area contributed by atoms with E-state index in [2.05, 4.69) is 137 Å². The van der Waals surface area contributed by atoms with Gasteiger partial charge >= 0.3 is 0 Å². The molecule has 3 nitrogen and oxygen atoms in total. The number of halogens is 3. The lowest BCUT2D eigenvalue weighted by molar-refractivity contribution is 0.354. The Morgan fingerprint density at radius 3 is 1.79 bits per heavy atom. The van der Waals surface area contributed by atoms with Gasteiger partial charge < -0.3 is 14.0 Å². The maximum absolute atomic E-state index is 5.77. The molecule has 0 aliphatic carbocycles. The van der Waals surface area contributed by atoms with Crippen molar-refractivity contribution >= 4 is 47.8 Å². The third kappa shape index (κ3) is 4.99. The Balaban J connectivity index is 1.70. The van der Waals surface area contributed by atoms with Crippen LogP contribution in [0.4, 0.5) is 0 Å². The maximum Gasteiger partial charge on any atom is 0.161 e. The molecule has 5 aromatic rings. The molecule has 0 radical (unpaired) electrons. The summed E-state index contributed by atoms with van der Waals surface area (Å²) < 4.78 is 17.2. The van der Waals surface area contributed by atoms with Crippen molar-refractivity contribution in [1.29, 1.82) is 0 Å². The summed E-state index contributed by atoms with van der Waals surface area (Å²) in [6, 6.07) is 30.3. The van der Waals surface area contributed by atoms with Gasteiger partial charge in [-0.1, -0.05) is 84.2 Å². The zero-order valence-electron chi connectivity index (χ0n) is 21.6. The van der Waals surface area contributed by atoms with Crippen LogP contribution in [0.25, 0.3) is 33.6 Å². The first-order valence-corrected chi connectivity index (χ1v) is 15.1. The molecule has 0 bridgehead atoms. The molecule has 1 aromatic heterocycles. The summed E-state index contributed by atoms with van der Waals surface area (Å²) >= 11 is 10.9. The van der Waals surface area contributed by atoms with E-state index in [1.807, 2.05) is 0 Å². The van der Waals surface area contributed by atoms with Crippen LogP contribution in [0.2, 0.25) is 0 Å². The van der Waals surface area contributed by atoms with Gasteiger partial charge in [-0.3, -0.25) is 0 Å². The number of hydrogen-bond donors (Lipinski definition) is 0. The fraction of sp³-hybridized carbons (Fsp3) is 0.152. The average Bonchev–Trinajstić information content (AvgIpc) is 3.28. The Morgan fingerprint density at radius 2 is 1.21 bits per heavy atom. The average molecular weight is 708 g/mol. The highest BCUT2D eigenvalue weighted by atomic mass is 79.9. The Hall–Kier alpha value is -2.80. The first-order valence-electron chi connectivity index (χ1n) is 12.7. The van der Waals surface area contributed by atoms with Crippen LogP contribution in [0.15, 0.2) is 98.3 Å². The normalized spacial score (nSPS) is 12.1. The van der Waals surface area contributed by atoms with Crippen LogP contribution < -0.4 is 9.47 Å². The number of rotatable bonds is 6. The van der Waals surface area contributed by atoms with Crippen LogP contribution in [0.1, 0.15) is 16.7 Å². The lowest BCUT2D eigenvalue weighted by atomic mass is 9.90. The molecule has 196 valence electrons. The maximum atomic E-state index is 5.77. The number of hydrogen-bond acceptors (Lipinski definition) is 2. The van der Waals surface area contributed by atoms with Gasteiger partial charge in [-0.05, 0) is 82.8 Å². The summed E-state index contributed by atoms with van der Waals surface area (Å²) in [5.74, 6) is 1.52. The molecule has 0 N–H and O–H groups in total. The van der Waals surface area contributed by atoms with E-state index >= 15 is 0 Å². The molecule has 4 aromatic carbocycles. The molecule has 1 aliphatic rings. The van der Waals surface area contributed by atoms with Crippen LogP contribution in [0.3, 0.4) is 0 Å². The number of methoxy groups -OCH3 is 2. The molecule has 39 heavy (non-hydrogen) atoms. The summed E-state index contributed by atoms with van der Waals surface area (Å²) in [6.07, 6.45) is 1.72. The number of fused-ring (bicyclic) bond motifs is 3. The van der Waals surface area contributed by atoms with Crippen molar-refractivity contribution in [2.45, 2.75) is 19.4 Å². The summed E-state index contributed by atoms with van der Waals surface area (Å²) in [4.78, 5) is 0. The molecule has 0 atom stereocenters. The third-order valence-electron chi connectivity index (χ3n) is 7.38. The molecule has 0 unspecified atom stereocenters. The van der Waals surface area contributed by atoms with Gasteiger partial charge in [-0.25, -0.2) is 0 Å². The van der Waals surface area contributed by atoms with E-state index in [4.69, 9.17) is 9.47 Å². The quantitative estimate of drug-likeness (QED) is 0.175. The molecule has 1 aliphatic heterocycles. The zero-order chi connectivity index (χ0) is 27.1. The first kappa shape index (κ1) is 26.4. The second kappa shape index (κ2) is 11.0. The van der Waals surface area contributed by atoms with E-state index in [0.717, 1.165) is 44.3 Å². The second-order valence-electron chi connectivity index (χ2n) is 9.63. The van der Waals surface area contributed by atoms with Crippen molar-refractivity contribution in [1.82, 2.24) is 4.57 Å². The fourth-order valence-corrected chi connectivity index (χ4v) is 6.39. The third-order valence-corrected chi connectivity index (χ3v) is 8.96. The van der Waals surface area contributed by atoms with Crippen LogP contribution in [-0.4, -0.2) is 18.8 Å². The van der Waals surface area contributed by atoms with E-state index < -0.39 is 0 Å². The molecule has 6 heteroatoms. The molecule has 2 heterocycles. The van der Waals surface area contributed by atoms with Crippen LogP contribution in [0.5, 0.6) is 11.5 Å². The molecular formula is C33H26Br3NO2. The van der Waals surface area contributed by atoms with E-state index in [0.29, 0.717) is 0 Å². The van der Waals surface area contributed by atoms with Gasteiger partial charge in [0, 0.05) is 37.5 Å². The van der Waals surface area contributed by atoms with Crippen molar-refractivity contribution in [3.8, 4) is 45.1 Å². The topological polar surface area (TPSA) is 23.4 Å². The Bertz CT molecular complexity index is 1650. The Kier molecular flexibility index (Phi) is 7.45. The van der Waals surface area contributed by atoms with Crippen molar-refractivity contribution in [2.24, 2.45) is 0 Å². The minimum absolute atomic E-state index is 0.746. The summed E-state index contributed by atoms with van der Waals surface area (Å²) in [5.41, 5.74) is 11.2. The highest BCUT2D eigenvalue weighted by Crippen LogP contribution is 2.49. The van der Waals surface area contributed by atoms with Gasteiger partial charge in [0.1, 0.15) is 0 Å². The number of benzene rings is 4.